The van der Waals surface area contributed by atoms with Gasteiger partial charge in [0.05, 0.1) is 12.3 Å². The summed E-state index contributed by atoms with van der Waals surface area (Å²) in [7, 11) is 0. The van der Waals surface area contributed by atoms with Crippen molar-refractivity contribution in [2.75, 3.05) is 37.8 Å². The highest BCUT2D eigenvalue weighted by Crippen LogP contribution is 2.26. The zero-order valence-corrected chi connectivity index (χ0v) is 15.0. The number of benzene rings is 1. The molecule has 136 valence electrons. The number of para-hydroxylation sites is 1. The molecule has 7 nitrogen and oxygen atoms in total. The number of anilines is 1. The van der Waals surface area contributed by atoms with Gasteiger partial charge in [-0.05, 0) is 19.1 Å². The first-order valence-corrected chi connectivity index (χ1v) is 8.29. The standard InChI is InChI=1S/C17H22N4O3.ClH/c1-2-24-17(23)14-12-15(16(22)20-10-8-18-9-11-20)21(19-14)13-6-4-3-5-7-13;/h3-7,15,18H,2,8-12H2,1H3;1H. The first kappa shape index (κ1) is 19.2. The number of nitrogens with zero attached hydrogens (tertiary/aromatic N) is 3. The second-order valence-corrected chi connectivity index (χ2v) is 5.74. The lowest BCUT2D eigenvalue weighted by molar-refractivity contribution is -0.135. The molecule has 0 aliphatic carbocycles. The van der Waals surface area contributed by atoms with E-state index in [0.29, 0.717) is 25.4 Å². The summed E-state index contributed by atoms with van der Waals surface area (Å²) in [4.78, 5) is 26.8. The van der Waals surface area contributed by atoms with Gasteiger partial charge in [0.1, 0.15) is 11.8 Å². The Bertz CT molecular complexity index is 632. The summed E-state index contributed by atoms with van der Waals surface area (Å²) in [6, 6.07) is 8.96. The summed E-state index contributed by atoms with van der Waals surface area (Å²) in [5.74, 6) is -0.447. The lowest BCUT2D eigenvalue weighted by atomic mass is 10.1. The number of hydrogen-bond donors (Lipinski definition) is 1. The summed E-state index contributed by atoms with van der Waals surface area (Å²) >= 11 is 0. The van der Waals surface area contributed by atoms with E-state index in [4.69, 9.17) is 4.74 Å². The Morgan fingerprint density at radius 1 is 1.24 bits per heavy atom. The maximum atomic E-state index is 12.9. The number of carbonyl (C=O) groups is 2. The number of piperazine rings is 1. The van der Waals surface area contributed by atoms with Gasteiger partial charge in [0.25, 0.3) is 0 Å². The third-order valence-corrected chi connectivity index (χ3v) is 4.16. The van der Waals surface area contributed by atoms with Crippen LogP contribution in [0, 0.1) is 0 Å². The van der Waals surface area contributed by atoms with Crippen LogP contribution in [0.25, 0.3) is 0 Å². The lowest BCUT2D eigenvalue weighted by Gasteiger charge is -2.32. The molecule has 0 aromatic heterocycles. The topological polar surface area (TPSA) is 74.2 Å². The molecule has 1 amide bonds. The van der Waals surface area contributed by atoms with Crippen molar-refractivity contribution in [2.24, 2.45) is 5.10 Å². The lowest BCUT2D eigenvalue weighted by Crippen LogP contribution is -2.52. The number of rotatable bonds is 4. The van der Waals surface area contributed by atoms with Crippen molar-refractivity contribution in [3.63, 3.8) is 0 Å². The number of hydrogen-bond acceptors (Lipinski definition) is 6. The predicted octanol–water partition coefficient (Wildman–Crippen LogP) is 1.04. The molecule has 3 rings (SSSR count). The molecule has 2 heterocycles. The van der Waals surface area contributed by atoms with E-state index in [1.54, 1.807) is 11.9 Å². The largest absolute Gasteiger partial charge is 0.461 e. The van der Waals surface area contributed by atoms with E-state index in [0.717, 1.165) is 18.8 Å². The van der Waals surface area contributed by atoms with E-state index >= 15 is 0 Å². The van der Waals surface area contributed by atoms with Crippen molar-refractivity contribution in [1.29, 1.82) is 0 Å². The van der Waals surface area contributed by atoms with Crippen molar-refractivity contribution in [3.8, 4) is 0 Å². The molecule has 1 unspecified atom stereocenters. The number of ether oxygens (including phenoxy) is 1. The average molecular weight is 367 g/mol. The average Bonchev–Trinajstić information content (AvgIpc) is 3.08. The van der Waals surface area contributed by atoms with Crippen LogP contribution in [0.1, 0.15) is 13.3 Å². The fourth-order valence-corrected chi connectivity index (χ4v) is 2.96. The fraction of sp³-hybridized carbons (Fsp3) is 0.471. The van der Waals surface area contributed by atoms with Crippen LogP contribution in [0.3, 0.4) is 0 Å². The summed E-state index contributed by atoms with van der Waals surface area (Å²) < 4.78 is 5.05. The highest BCUT2D eigenvalue weighted by Gasteiger charge is 2.39. The molecule has 1 N–H and O–H groups in total. The minimum Gasteiger partial charge on any atom is -0.461 e. The van der Waals surface area contributed by atoms with Gasteiger partial charge in [0.15, 0.2) is 0 Å². The van der Waals surface area contributed by atoms with Gasteiger partial charge in [-0.15, -0.1) is 12.4 Å². The third kappa shape index (κ3) is 4.29. The number of amides is 1. The smallest absolute Gasteiger partial charge is 0.354 e. The molecule has 1 fully saturated rings. The summed E-state index contributed by atoms with van der Waals surface area (Å²) in [5, 5.41) is 9.27. The second kappa shape index (κ2) is 8.82. The molecule has 8 heteroatoms. The maximum Gasteiger partial charge on any atom is 0.354 e. The maximum absolute atomic E-state index is 12.9. The van der Waals surface area contributed by atoms with Gasteiger partial charge >= 0.3 is 5.97 Å². The van der Waals surface area contributed by atoms with E-state index in [-0.39, 0.29) is 24.7 Å². The van der Waals surface area contributed by atoms with Gasteiger partial charge < -0.3 is 15.0 Å². The molecule has 0 spiro atoms. The Labute approximate surface area is 153 Å². The SMILES string of the molecule is CCOC(=O)C1=NN(c2ccccc2)C(C(=O)N2CCNCC2)C1.Cl. The molecule has 1 saturated heterocycles. The minimum absolute atomic E-state index is 0. The van der Waals surface area contributed by atoms with Crippen LogP contribution in [0.4, 0.5) is 5.69 Å². The quantitative estimate of drug-likeness (QED) is 0.806. The molecule has 2 aliphatic rings. The fourth-order valence-electron chi connectivity index (χ4n) is 2.96. The van der Waals surface area contributed by atoms with E-state index in [9.17, 15) is 9.59 Å². The van der Waals surface area contributed by atoms with Gasteiger partial charge in [-0.3, -0.25) is 9.80 Å². The van der Waals surface area contributed by atoms with E-state index in [1.807, 2.05) is 35.2 Å². The first-order valence-electron chi connectivity index (χ1n) is 8.29. The molecule has 0 radical (unpaired) electrons. The first-order chi connectivity index (χ1) is 11.7. The Balaban J connectivity index is 0.00000225. The van der Waals surface area contributed by atoms with Crippen LogP contribution < -0.4 is 10.3 Å². The van der Waals surface area contributed by atoms with Gasteiger partial charge in [-0.1, -0.05) is 18.2 Å². The van der Waals surface area contributed by atoms with Gasteiger partial charge in [0, 0.05) is 32.6 Å². The van der Waals surface area contributed by atoms with Gasteiger partial charge in [-0.25, -0.2) is 4.79 Å². The van der Waals surface area contributed by atoms with Crippen LogP contribution in [-0.2, 0) is 14.3 Å². The van der Waals surface area contributed by atoms with E-state index in [1.165, 1.54) is 0 Å². The van der Waals surface area contributed by atoms with Crippen molar-refractivity contribution in [2.45, 2.75) is 19.4 Å². The minimum atomic E-state index is -0.495. The molecule has 1 aromatic carbocycles. The van der Waals surface area contributed by atoms with Gasteiger partial charge in [-0.2, -0.15) is 5.10 Å². The molecule has 1 aromatic rings. The predicted molar refractivity (Wildman–Crippen MR) is 98.1 cm³/mol. The Morgan fingerprint density at radius 3 is 2.56 bits per heavy atom. The van der Waals surface area contributed by atoms with Crippen molar-refractivity contribution >= 4 is 35.7 Å². The second-order valence-electron chi connectivity index (χ2n) is 5.74. The number of nitrogens with one attached hydrogen (secondary N) is 1. The third-order valence-electron chi connectivity index (χ3n) is 4.16. The van der Waals surface area contributed by atoms with Crippen molar-refractivity contribution < 1.29 is 14.3 Å². The molecule has 1 atom stereocenters. The summed E-state index contributed by atoms with van der Waals surface area (Å²) in [6.45, 7) is 4.97. The van der Waals surface area contributed by atoms with Crippen molar-refractivity contribution in [1.82, 2.24) is 10.2 Å². The Hall–Kier alpha value is -2.12. The highest BCUT2D eigenvalue weighted by molar-refractivity contribution is 6.38. The zero-order valence-electron chi connectivity index (χ0n) is 14.2. The monoisotopic (exact) mass is 366 g/mol. The molecular weight excluding hydrogens is 344 g/mol. The highest BCUT2D eigenvalue weighted by atomic mass is 35.5. The van der Waals surface area contributed by atoms with Crippen LogP contribution in [0.15, 0.2) is 35.4 Å². The summed E-state index contributed by atoms with van der Waals surface area (Å²) in [6.07, 6.45) is 0.274. The molecule has 2 aliphatic heterocycles. The Kier molecular flexibility index (Phi) is 6.78. The number of esters is 1. The normalized spacial score (nSPS) is 19.9. The molecule has 0 saturated carbocycles. The number of halogens is 1. The number of hydrazone groups is 1. The summed E-state index contributed by atoms with van der Waals surface area (Å²) in [5.41, 5.74) is 1.10. The zero-order chi connectivity index (χ0) is 16.9. The molecule has 0 bridgehead atoms. The Morgan fingerprint density at radius 2 is 1.92 bits per heavy atom. The molecule has 25 heavy (non-hydrogen) atoms. The van der Waals surface area contributed by atoms with Crippen LogP contribution >= 0.6 is 12.4 Å². The molecular formula is C17H23ClN4O3. The van der Waals surface area contributed by atoms with Gasteiger partial charge in [0.2, 0.25) is 5.91 Å². The van der Waals surface area contributed by atoms with Crippen LogP contribution in [-0.4, -0.2) is 61.3 Å². The van der Waals surface area contributed by atoms with Crippen LogP contribution in [0.5, 0.6) is 0 Å². The number of carbonyl (C=O) groups excluding carboxylic acids is 2. The van der Waals surface area contributed by atoms with E-state index < -0.39 is 12.0 Å². The van der Waals surface area contributed by atoms with Crippen molar-refractivity contribution in [3.05, 3.63) is 30.3 Å². The van der Waals surface area contributed by atoms with Crippen LogP contribution in [0.2, 0.25) is 0 Å². The van der Waals surface area contributed by atoms with E-state index in [2.05, 4.69) is 10.4 Å².